The molecule has 3 rings (SSSR count). The second-order valence-corrected chi connectivity index (χ2v) is 5.73. The third-order valence-corrected chi connectivity index (χ3v) is 4.30. The summed E-state index contributed by atoms with van der Waals surface area (Å²) in [5.41, 5.74) is 1.17. The molecule has 2 aliphatic rings. The van der Waals surface area contributed by atoms with Gasteiger partial charge < -0.3 is 10.2 Å². The highest BCUT2D eigenvalue weighted by molar-refractivity contribution is 5.48. The number of anilines is 2. The van der Waals surface area contributed by atoms with Crippen LogP contribution < -0.4 is 10.2 Å². The number of aromatic nitrogens is 1. The molecule has 3 unspecified atom stereocenters. The molecule has 1 N–H and O–H groups in total. The summed E-state index contributed by atoms with van der Waals surface area (Å²) in [5, 5.41) is 3.66. The van der Waals surface area contributed by atoms with E-state index in [0.717, 1.165) is 17.7 Å². The van der Waals surface area contributed by atoms with Gasteiger partial charge in [-0.25, -0.2) is 4.98 Å². The molecule has 1 heterocycles. The minimum atomic E-state index is 0.695. The van der Waals surface area contributed by atoms with E-state index in [1.165, 1.54) is 31.4 Å². The van der Waals surface area contributed by atoms with Gasteiger partial charge in [0.1, 0.15) is 5.82 Å². The molecule has 1 aromatic rings. The smallest absolute Gasteiger partial charge is 0.128 e. The Kier molecular flexibility index (Phi) is 2.69. The van der Waals surface area contributed by atoms with Crippen LogP contribution >= 0.6 is 0 Å². The van der Waals surface area contributed by atoms with Gasteiger partial charge in [-0.3, -0.25) is 0 Å². The van der Waals surface area contributed by atoms with E-state index >= 15 is 0 Å². The van der Waals surface area contributed by atoms with Gasteiger partial charge in [-0.15, -0.1) is 0 Å². The highest BCUT2D eigenvalue weighted by Crippen LogP contribution is 2.45. The monoisotopic (exact) mass is 231 g/mol. The van der Waals surface area contributed by atoms with Gasteiger partial charge >= 0.3 is 0 Å². The van der Waals surface area contributed by atoms with Gasteiger partial charge in [-0.05, 0) is 43.2 Å². The van der Waals surface area contributed by atoms with E-state index in [2.05, 4.69) is 22.4 Å². The Bertz CT molecular complexity index is 385. The topological polar surface area (TPSA) is 28.2 Å². The van der Waals surface area contributed by atoms with Crippen molar-refractivity contribution in [3.8, 4) is 0 Å². The van der Waals surface area contributed by atoms with Crippen LogP contribution in [0.25, 0.3) is 0 Å². The Labute approximate surface area is 103 Å². The van der Waals surface area contributed by atoms with E-state index < -0.39 is 0 Å². The number of nitrogens with one attached hydrogen (secondary N) is 1. The zero-order valence-electron chi connectivity index (χ0n) is 10.7. The lowest BCUT2D eigenvalue weighted by Gasteiger charge is -2.24. The fourth-order valence-corrected chi connectivity index (χ4v) is 3.37. The summed E-state index contributed by atoms with van der Waals surface area (Å²) < 4.78 is 0. The number of hydrogen-bond donors (Lipinski definition) is 1. The van der Waals surface area contributed by atoms with Crippen molar-refractivity contribution in [2.75, 3.05) is 24.3 Å². The highest BCUT2D eigenvalue weighted by Gasteiger charge is 2.39. The fraction of sp³-hybridized carbons (Fsp3) is 0.643. The average Bonchev–Trinajstić information content (AvgIpc) is 2.91. The zero-order valence-corrected chi connectivity index (χ0v) is 10.7. The van der Waals surface area contributed by atoms with Gasteiger partial charge in [0, 0.05) is 20.1 Å². The van der Waals surface area contributed by atoms with E-state index in [1.54, 1.807) is 0 Å². The first-order valence-electron chi connectivity index (χ1n) is 6.62. The Morgan fingerprint density at radius 3 is 2.65 bits per heavy atom. The van der Waals surface area contributed by atoms with Crippen LogP contribution in [0.3, 0.4) is 0 Å². The number of nitrogens with zero attached hydrogens (tertiary/aromatic N) is 2. The molecule has 0 spiro atoms. The van der Waals surface area contributed by atoms with Crippen LogP contribution in [0.4, 0.5) is 11.5 Å². The summed E-state index contributed by atoms with van der Waals surface area (Å²) in [6.07, 6.45) is 7.65. The predicted octanol–water partition coefficient (Wildman–Crippen LogP) is 2.75. The number of hydrogen-bond acceptors (Lipinski definition) is 3. The molecule has 92 valence electrons. The normalized spacial score (nSPS) is 30.6. The van der Waals surface area contributed by atoms with Gasteiger partial charge in [0.25, 0.3) is 0 Å². The number of fused-ring (bicyclic) bond motifs is 2. The fourth-order valence-electron chi connectivity index (χ4n) is 3.37. The molecule has 0 aliphatic heterocycles. The van der Waals surface area contributed by atoms with Gasteiger partial charge in [0.2, 0.25) is 0 Å². The summed E-state index contributed by atoms with van der Waals surface area (Å²) in [4.78, 5) is 6.47. The summed E-state index contributed by atoms with van der Waals surface area (Å²) in [6.45, 7) is 0. The molecule has 1 aromatic heterocycles. The first kappa shape index (κ1) is 10.9. The minimum Gasteiger partial charge on any atom is -0.381 e. The van der Waals surface area contributed by atoms with Crippen LogP contribution in [-0.2, 0) is 0 Å². The maximum Gasteiger partial charge on any atom is 0.128 e. The Morgan fingerprint density at radius 1 is 1.24 bits per heavy atom. The van der Waals surface area contributed by atoms with E-state index in [4.69, 9.17) is 0 Å². The molecule has 0 saturated heterocycles. The van der Waals surface area contributed by atoms with E-state index in [9.17, 15) is 0 Å². The quantitative estimate of drug-likeness (QED) is 0.867. The van der Waals surface area contributed by atoms with Crippen molar-refractivity contribution < 1.29 is 0 Å². The van der Waals surface area contributed by atoms with Crippen molar-refractivity contribution in [1.29, 1.82) is 0 Å². The lowest BCUT2D eigenvalue weighted by molar-refractivity contribution is 0.439. The first-order valence-corrected chi connectivity index (χ1v) is 6.62. The maximum absolute atomic E-state index is 4.45. The van der Waals surface area contributed by atoms with E-state index in [-0.39, 0.29) is 0 Å². The largest absolute Gasteiger partial charge is 0.381 e. The van der Waals surface area contributed by atoms with E-state index in [0.29, 0.717) is 6.04 Å². The molecule has 3 heteroatoms. The van der Waals surface area contributed by atoms with Gasteiger partial charge in [0.15, 0.2) is 0 Å². The maximum atomic E-state index is 4.45. The van der Waals surface area contributed by atoms with Crippen LogP contribution in [-0.4, -0.2) is 25.1 Å². The van der Waals surface area contributed by atoms with Crippen molar-refractivity contribution >= 4 is 11.5 Å². The van der Waals surface area contributed by atoms with Crippen LogP contribution in [0.5, 0.6) is 0 Å². The molecule has 17 heavy (non-hydrogen) atoms. The SMILES string of the molecule is CN(C)c1ccc(NC2CC3CCC2C3)cn1. The summed E-state index contributed by atoms with van der Waals surface area (Å²) in [6, 6.07) is 4.92. The van der Waals surface area contributed by atoms with E-state index in [1.807, 2.05) is 25.2 Å². The third-order valence-electron chi connectivity index (χ3n) is 4.30. The van der Waals surface area contributed by atoms with Crippen molar-refractivity contribution in [3.05, 3.63) is 18.3 Å². The van der Waals surface area contributed by atoms with Crippen LogP contribution in [0, 0.1) is 11.8 Å². The van der Waals surface area contributed by atoms with Crippen LogP contribution in [0.15, 0.2) is 18.3 Å². The Morgan fingerprint density at radius 2 is 2.12 bits per heavy atom. The third kappa shape index (κ3) is 2.11. The van der Waals surface area contributed by atoms with Crippen molar-refractivity contribution in [3.63, 3.8) is 0 Å². The molecule has 2 bridgehead atoms. The highest BCUT2D eigenvalue weighted by atomic mass is 15.1. The number of pyridine rings is 1. The lowest BCUT2D eigenvalue weighted by Crippen LogP contribution is -2.25. The van der Waals surface area contributed by atoms with Gasteiger partial charge in [-0.1, -0.05) is 6.42 Å². The molecule has 0 aromatic carbocycles. The second kappa shape index (κ2) is 4.21. The summed E-state index contributed by atoms with van der Waals surface area (Å²) in [7, 11) is 4.04. The minimum absolute atomic E-state index is 0.695. The molecular formula is C14H21N3. The molecule has 2 fully saturated rings. The van der Waals surface area contributed by atoms with Gasteiger partial charge in [0.05, 0.1) is 11.9 Å². The molecule has 3 atom stereocenters. The van der Waals surface area contributed by atoms with Gasteiger partial charge in [-0.2, -0.15) is 0 Å². The molecule has 0 amide bonds. The molecule has 0 radical (unpaired) electrons. The van der Waals surface area contributed by atoms with Crippen molar-refractivity contribution in [1.82, 2.24) is 4.98 Å². The average molecular weight is 231 g/mol. The first-order chi connectivity index (χ1) is 8.22. The van der Waals surface area contributed by atoms with Crippen LogP contribution in [0.1, 0.15) is 25.7 Å². The molecular weight excluding hydrogens is 210 g/mol. The molecule has 3 nitrogen and oxygen atoms in total. The second-order valence-electron chi connectivity index (χ2n) is 5.73. The molecule has 2 saturated carbocycles. The van der Waals surface area contributed by atoms with Crippen molar-refractivity contribution in [2.45, 2.75) is 31.7 Å². The predicted molar refractivity (Wildman–Crippen MR) is 71.4 cm³/mol. The van der Waals surface area contributed by atoms with Crippen LogP contribution in [0.2, 0.25) is 0 Å². The Balaban J connectivity index is 1.65. The molecule has 2 aliphatic carbocycles. The Hall–Kier alpha value is -1.25. The number of rotatable bonds is 3. The standard InChI is InChI=1S/C14H21N3/c1-17(2)14-6-5-12(9-15-14)16-13-8-10-3-4-11(13)7-10/h5-6,9-11,13,16H,3-4,7-8H2,1-2H3. The zero-order chi connectivity index (χ0) is 11.8. The summed E-state index contributed by atoms with van der Waals surface area (Å²) >= 11 is 0. The lowest BCUT2D eigenvalue weighted by atomic mass is 9.95. The van der Waals surface area contributed by atoms with Crippen molar-refractivity contribution in [2.24, 2.45) is 11.8 Å². The summed E-state index contributed by atoms with van der Waals surface area (Å²) in [5.74, 6) is 2.92.